The van der Waals surface area contributed by atoms with Gasteiger partial charge in [-0.25, -0.2) is 13.1 Å². The van der Waals surface area contributed by atoms with Crippen LogP contribution in [0.25, 0.3) is 5.69 Å². The smallest absolute Gasteiger partial charge is 0.266 e. The molecule has 3 aromatic rings. The molecular weight excluding hydrogens is 480 g/mol. The number of rotatable bonds is 5. The van der Waals surface area contributed by atoms with Crippen molar-refractivity contribution in [2.24, 2.45) is 0 Å². The summed E-state index contributed by atoms with van der Waals surface area (Å²) in [4.78, 5) is 12.2. The Morgan fingerprint density at radius 2 is 1.66 bits per heavy atom. The first kappa shape index (κ1) is 22.1. The summed E-state index contributed by atoms with van der Waals surface area (Å²) in [7, 11) is -3.86. The van der Waals surface area contributed by atoms with Crippen molar-refractivity contribution in [1.82, 2.24) is 14.5 Å². The minimum atomic E-state index is -3.86. The van der Waals surface area contributed by atoms with E-state index in [0.717, 1.165) is 4.68 Å². The number of nitrogens with one attached hydrogen (secondary N) is 1. The lowest BCUT2D eigenvalue weighted by Crippen LogP contribution is -2.27. The first-order chi connectivity index (χ1) is 13.6. The zero-order valence-corrected chi connectivity index (χ0v) is 18.6. The van der Waals surface area contributed by atoms with Crippen LogP contribution < -0.4 is 10.3 Å². The fourth-order valence-electron chi connectivity index (χ4n) is 2.58. The molecule has 0 radical (unpaired) electrons. The molecule has 11 heteroatoms. The highest BCUT2D eigenvalue weighted by Crippen LogP contribution is 2.27. The van der Waals surface area contributed by atoms with E-state index in [2.05, 4.69) is 9.82 Å². The number of sulfonamides is 1. The van der Waals surface area contributed by atoms with Gasteiger partial charge >= 0.3 is 0 Å². The minimum Gasteiger partial charge on any atom is -0.266 e. The molecule has 2 aromatic carbocycles. The first-order valence-electron chi connectivity index (χ1n) is 8.11. The molecule has 0 fully saturated rings. The Bertz CT molecular complexity index is 1230. The van der Waals surface area contributed by atoms with E-state index in [4.69, 9.17) is 46.4 Å². The number of hydrogen-bond donors (Lipinski definition) is 1. The van der Waals surface area contributed by atoms with E-state index < -0.39 is 21.6 Å². The third-order valence-electron chi connectivity index (χ3n) is 4.03. The van der Waals surface area contributed by atoms with Gasteiger partial charge in [-0.05, 0) is 48.9 Å². The molecule has 1 heterocycles. The van der Waals surface area contributed by atoms with E-state index in [1.807, 2.05) is 0 Å². The molecule has 0 saturated heterocycles. The SMILES string of the molecule is C[C@H](NS(=O)(=O)c1ccc(-n2ncc(Cl)c(Cl)c2=O)cc1)c1ccc(Cl)cc1Cl. The summed E-state index contributed by atoms with van der Waals surface area (Å²) in [5, 5.41) is 4.57. The number of benzene rings is 2. The second-order valence-electron chi connectivity index (χ2n) is 6.03. The van der Waals surface area contributed by atoms with Crippen LogP contribution in [-0.2, 0) is 10.0 Å². The summed E-state index contributed by atoms with van der Waals surface area (Å²) < 4.78 is 29.0. The summed E-state index contributed by atoms with van der Waals surface area (Å²) in [6.07, 6.45) is 1.23. The molecular formula is C18H13Cl4N3O3S. The molecule has 0 aliphatic heterocycles. The Balaban J connectivity index is 1.87. The molecule has 3 rings (SSSR count). The topological polar surface area (TPSA) is 81.1 Å². The van der Waals surface area contributed by atoms with Gasteiger partial charge in [0.25, 0.3) is 5.56 Å². The minimum absolute atomic E-state index is 0.00583. The maximum Gasteiger partial charge on any atom is 0.291 e. The lowest BCUT2D eigenvalue weighted by atomic mass is 10.1. The molecule has 1 atom stereocenters. The molecule has 0 amide bonds. The van der Waals surface area contributed by atoms with Gasteiger partial charge in [-0.15, -0.1) is 0 Å². The van der Waals surface area contributed by atoms with E-state index >= 15 is 0 Å². The van der Waals surface area contributed by atoms with Crippen LogP contribution in [0.4, 0.5) is 0 Å². The van der Waals surface area contributed by atoms with Crippen molar-refractivity contribution in [1.29, 1.82) is 0 Å². The molecule has 152 valence electrons. The van der Waals surface area contributed by atoms with Gasteiger partial charge in [-0.2, -0.15) is 9.78 Å². The molecule has 0 unspecified atom stereocenters. The molecule has 0 aliphatic rings. The third kappa shape index (κ3) is 4.77. The number of nitrogens with zero attached hydrogens (tertiary/aromatic N) is 2. The van der Waals surface area contributed by atoms with Crippen LogP contribution in [0, 0.1) is 0 Å². The standard InChI is InChI=1S/C18H13Cl4N3O3S/c1-10(14-7-2-11(19)8-15(14)20)24-29(27,28)13-5-3-12(4-6-13)25-18(26)17(22)16(21)9-23-25/h2-10,24H,1H3/t10-/m0/s1. The van der Waals surface area contributed by atoms with Crippen molar-refractivity contribution in [3.05, 3.63) is 84.7 Å². The van der Waals surface area contributed by atoms with Gasteiger partial charge < -0.3 is 0 Å². The van der Waals surface area contributed by atoms with Crippen molar-refractivity contribution in [3.8, 4) is 5.69 Å². The monoisotopic (exact) mass is 491 g/mol. The fraction of sp³-hybridized carbons (Fsp3) is 0.111. The molecule has 0 spiro atoms. The summed E-state index contributed by atoms with van der Waals surface area (Å²) in [6, 6.07) is 9.81. The number of hydrogen-bond acceptors (Lipinski definition) is 4. The van der Waals surface area contributed by atoms with Gasteiger partial charge in [0.15, 0.2) is 0 Å². The van der Waals surface area contributed by atoms with Crippen molar-refractivity contribution < 1.29 is 8.42 Å². The van der Waals surface area contributed by atoms with E-state index in [-0.39, 0.29) is 14.9 Å². The van der Waals surface area contributed by atoms with Crippen molar-refractivity contribution >= 4 is 56.4 Å². The summed E-state index contributed by atoms with van der Waals surface area (Å²) in [5.41, 5.74) is 0.308. The lowest BCUT2D eigenvalue weighted by Gasteiger charge is -2.16. The highest BCUT2D eigenvalue weighted by Gasteiger charge is 2.20. The second-order valence-corrected chi connectivity index (χ2v) is 9.37. The van der Waals surface area contributed by atoms with E-state index in [1.165, 1.54) is 30.5 Å². The molecule has 0 aliphatic carbocycles. The molecule has 1 N–H and O–H groups in total. The quantitative estimate of drug-likeness (QED) is 0.550. The maximum atomic E-state index is 12.7. The van der Waals surface area contributed by atoms with Gasteiger partial charge in [-0.1, -0.05) is 52.5 Å². The number of aromatic nitrogens is 2. The molecule has 0 saturated carbocycles. The Kier molecular flexibility index (Phi) is 6.57. The van der Waals surface area contributed by atoms with Crippen LogP contribution in [-0.4, -0.2) is 18.2 Å². The second kappa shape index (κ2) is 8.63. The Hall–Kier alpha value is -1.61. The average molecular weight is 493 g/mol. The maximum absolute atomic E-state index is 12.7. The zero-order valence-electron chi connectivity index (χ0n) is 14.7. The van der Waals surface area contributed by atoms with Crippen LogP contribution in [0.1, 0.15) is 18.5 Å². The van der Waals surface area contributed by atoms with E-state index in [9.17, 15) is 13.2 Å². The molecule has 0 bridgehead atoms. The van der Waals surface area contributed by atoms with Crippen molar-refractivity contribution in [2.45, 2.75) is 17.9 Å². The van der Waals surface area contributed by atoms with Crippen LogP contribution in [0.5, 0.6) is 0 Å². The van der Waals surface area contributed by atoms with Crippen LogP contribution >= 0.6 is 46.4 Å². The van der Waals surface area contributed by atoms with Gasteiger partial charge in [-0.3, -0.25) is 4.79 Å². The predicted molar refractivity (Wildman–Crippen MR) is 115 cm³/mol. The number of halogens is 4. The Morgan fingerprint density at radius 1 is 1.00 bits per heavy atom. The predicted octanol–water partition coefficient (Wildman–Crippen LogP) is 4.89. The molecule has 1 aromatic heterocycles. The summed E-state index contributed by atoms with van der Waals surface area (Å²) in [6.45, 7) is 1.67. The van der Waals surface area contributed by atoms with Crippen molar-refractivity contribution in [3.63, 3.8) is 0 Å². The average Bonchev–Trinajstić information content (AvgIpc) is 2.66. The zero-order chi connectivity index (χ0) is 21.3. The molecule has 29 heavy (non-hydrogen) atoms. The lowest BCUT2D eigenvalue weighted by molar-refractivity contribution is 0.567. The van der Waals surface area contributed by atoms with Gasteiger partial charge in [0.05, 0.1) is 21.8 Å². The highest BCUT2D eigenvalue weighted by molar-refractivity contribution is 7.89. The van der Waals surface area contributed by atoms with E-state index in [1.54, 1.807) is 25.1 Å². The van der Waals surface area contributed by atoms with Gasteiger partial charge in [0, 0.05) is 16.1 Å². The largest absolute Gasteiger partial charge is 0.291 e. The highest BCUT2D eigenvalue weighted by atomic mass is 35.5. The third-order valence-corrected chi connectivity index (χ3v) is 6.90. The van der Waals surface area contributed by atoms with Gasteiger partial charge in [0.1, 0.15) is 5.02 Å². The Morgan fingerprint density at radius 3 is 2.28 bits per heavy atom. The van der Waals surface area contributed by atoms with Crippen LogP contribution in [0.15, 0.2) is 58.4 Å². The molecule has 6 nitrogen and oxygen atoms in total. The van der Waals surface area contributed by atoms with E-state index in [0.29, 0.717) is 21.3 Å². The van der Waals surface area contributed by atoms with Gasteiger partial charge in [0.2, 0.25) is 10.0 Å². The fourth-order valence-corrected chi connectivity index (χ4v) is 4.63. The first-order valence-corrected chi connectivity index (χ1v) is 11.1. The normalized spacial score (nSPS) is 12.7. The van der Waals surface area contributed by atoms with Crippen LogP contribution in [0.2, 0.25) is 20.1 Å². The van der Waals surface area contributed by atoms with Crippen LogP contribution in [0.3, 0.4) is 0 Å². The van der Waals surface area contributed by atoms with Crippen molar-refractivity contribution in [2.75, 3.05) is 0 Å². The summed E-state index contributed by atoms with van der Waals surface area (Å²) in [5.74, 6) is 0. The Labute approximate surface area is 187 Å². The summed E-state index contributed by atoms with van der Waals surface area (Å²) >= 11 is 23.6.